The van der Waals surface area contributed by atoms with E-state index in [9.17, 15) is 23.1 Å². The third-order valence-corrected chi connectivity index (χ3v) is 12.4. The van der Waals surface area contributed by atoms with Crippen LogP contribution in [0.1, 0.15) is 40.6 Å². The number of aryl methyl sites for hydroxylation is 1. The molecule has 3 heterocycles. The fourth-order valence-corrected chi connectivity index (χ4v) is 8.94. The number of hydrogen-bond acceptors (Lipinski definition) is 10. The first kappa shape index (κ1) is 38.1. The molecule has 1 saturated heterocycles. The van der Waals surface area contributed by atoms with Crippen LogP contribution in [0, 0.1) is 12.8 Å². The summed E-state index contributed by atoms with van der Waals surface area (Å²) in [6.07, 6.45) is 0.554. The summed E-state index contributed by atoms with van der Waals surface area (Å²) in [6, 6.07) is 17.2. The number of carbonyl (C=O) groups is 2. The summed E-state index contributed by atoms with van der Waals surface area (Å²) in [5.41, 5.74) is 2.17. The molecule has 0 radical (unpaired) electrons. The lowest BCUT2D eigenvalue weighted by atomic mass is 9.98. The first-order valence-electron chi connectivity index (χ1n) is 16.7. The average molecular weight is 753 g/mol. The van der Waals surface area contributed by atoms with Crippen molar-refractivity contribution < 1.29 is 28.3 Å². The van der Waals surface area contributed by atoms with Gasteiger partial charge in [0.15, 0.2) is 0 Å². The number of carbonyl (C=O) groups excluding carboxylic acids is 2. The Hall–Kier alpha value is -4.15. The highest BCUT2D eigenvalue weighted by atomic mass is 32.2. The summed E-state index contributed by atoms with van der Waals surface area (Å²) < 4.78 is 29.4. The maximum Gasteiger partial charge on any atom is 0.321 e. The third-order valence-electron chi connectivity index (χ3n) is 8.78. The van der Waals surface area contributed by atoms with E-state index >= 15 is 0 Å². The van der Waals surface area contributed by atoms with Crippen LogP contribution in [-0.4, -0.2) is 100 Å². The number of aliphatic hydroxyl groups excluding tert-OH is 1. The van der Waals surface area contributed by atoms with Gasteiger partial charge in [-0.25, -0.2) is 18.2 Å². The summed E-state index contributed by atoms with van der Waals surface area (Å²) in [5.74, 6) is -0.662. The van der Waals surface area contributed by atoms with Crippen LogP contribution in [0.25, 0.3) is 0 Å². The van der Waals surface area contributed by atoms with E-state index in [1.165, 1.54) is 57.5 Å². The molecular weight excluding hydrogens is 709 g/mol. The molecule has 12 nitrogen and oxygen atoms in total. The van der Waals surface area contributed by atoms with Crippen LogP contribution in [0.5, 0.6) is 0 Å². The zero-order chi connectivity index (χ0) is 36.5. The molecule has 51 heavy (non-hydrogen) atoms. The highest BCUT2D eigenvalue weighted by molar-refractivity contribution is 7.89. The van der Waals surface area contributed by atoms with Crippen molar-refractivity contribution >= 4 is 50.8 Å². The van der Waals surface area contributed by atoms with E-state index in [1.54, 1.807) is 9.80 Å². The number of rotatable bonds is 17. The summed E-state index contributed by atoms with van der Waals surface area (Å²) in [5, 5.41) is 31.5. The first-order valence-corrected chi connectivity index (χ1v) is 19.9. The van der Waals surface area contributed by atoms with Crippen molar-refractivity contribution in [2.45, 2.75) is 63.2 Å². The number of urea groups is 1. The van der Waals surface area contributed by atoms with Crippen LogP contribution in [0.2, 0.25) is 0 Å². The predicted octanol–water partition coefficient (Wildman–Crippen LogP) is 4.61. The molecule has 272 valence electrons. The summed E-state index contributed by atoms with van der Waals surface area (Å²) in [4.78, 5) is 36.5. The monoisotopic (exact) mass is 752 g/mol. The normalized spacial score (nSPS) is 15.6. The first-order chi connectivity index (χ1) is 24.5. The molecule has 2 aromatic heterocycles. The van der Waals surface area contributed by atoms with Gasteiger partial charge in [-0.05, 0) is 60.4 Å². The van der Waals surface area contributed by atoms with Crippen LogP contribution in [0.3, 0.4) is 0 Å². The number of nitrogens with one attached hydrogen (secondary N) is 1. The zero-order valence-electron chi connectivity index (χ0n) is 28.8. The van der Waals surface area contributed by atoms with E-state index < -0.39 is 34.1 Å². The lowest BCUT2D eigenvalue weighted by molar-refractivity contribution is -0.128. The molecule has 1 fully saturated rings. The lowest BCUT2D eigenvalue weighted by Crippen LogP contribution is -2.57. The standard InChI is InChI=1S/C36H44N6O6S3/c1-25(2)34(42-18-17-40(36(42)45)22-29-24-50-26(3)38-29)35(44)39-32(20-27-8-5-4-6-9-27)33(43)23-41(16-15-30-10-7-19-49-30)51(47,48)31-13-11-28(12-14-31)21-37-46/h4-14,19,21,24-25,32-34,43,46H,15-18,20,22-23H2,1-3H3,(H,39,44)/b37-21+/t32-,33+,34-/m0/s1. The molecule has 0 aliphatic carbocycles. The summed E-state index contributed by atoms with van der Waals surface area (Å²) in [6.45, 7) is 6.64. The van der Waals surface area contributed by atoms with Gasteiger partial charge in [0.25, 0.3) is 0 Å². The molecule has 5 rings (SSSR count). The van der Waals surface area contributed by atoms with E-state index in [0.29, 0.717) is 31.6 Å². The quantitative estimate of drug-likeness (QED) is 0.0809. The number of amides is 3. The highest BCUT2D eigenvalue weighted by Gasteiger charge is 2.40. The van der Waals surface area contributed by atoms with E-state index in [2.05, 4.69) is 15.5 Å². The number of hydrogen-bond donors (Lipinski definition) is 3. The Morgan fingerprint density at radius 1 is 1.08 bits per heavy atom. The molecule has 0 spiro atoms. The number of aliphatic hydroxyl groups is 1. The van der Waals surface area contributed by atoms with Crippen molar-refractivity contribution in [2.75, 3.05) is 26.2 Å². The SMILES string of the molecule is Cc1nc(CN2CCN([C@H](C(=O)N[C@@H](Cc3ccccc3)[C@H](O)CN(CCc3cccs3)S(=O)(=O)c3ccc(/C=N/O)cc3)C(C)C)C2=O)cs1. The molecule has 3 amide bonds. The Labute approximate surface area is 307 Å². The Morgan fingerprint density at radius 3 is 2.45 bits per heavy atom. The molecular formula is C36H44N6O6S3. The lowest BCUT2D eigenvalue weighted by Gasteiger charge is -2.34. The Kier molecular flexibility index (Phi) is 13.0. The largest absolute Gasteiger partial charge is 0.411 e. The second-order valence-corrected chi connectivity index (χ2v) is 16.9. The maximum atomic E-state index is 14.2. The molecule has 4 aromatic rings. The van der Waals surface area contributed by atoms with E-state index in [4.69, 9.17) is 5.21 Å². The van der Waals surface area contributed by atoms with Gasteiger partial charge in [-0.15, -0.1) is 22.7 Å². The number of thiazole rings is 1. The number of benzene rings is 2. The predicted molar refractivity (Wildman–Crippen MR) is 199 cm³/mol. The second kappa shape index (κ2) is 17.4. The van der Waals surface area contributed by atoms with Crippen molar-refractivity contribution in [2.24, 2.45) is 11.1 Å². The van der Waals surface area contributed by atoms with Crippen LogP contribution in [0.4, 0.5) is 4.79 Å². The zero-order valence-corrected chi connectivity index (χ0v) is 31.3. The van der Waals surface area contributed by atoms with Gasteiger partial charge < -0.3 is 25.4 Å². The molecule has 0 unspecified atom stereocenters. The van der Waals surface area contributed by atoms with E-state index in [1.807, 2.05) is 74.0 Å². The average Bonchev–Trinajstić information content (AvgIpc) is 3.86. The van der Waals surface area contributed by atoms with Crippen LogP contribution in [0.15, 0.2) is 87.5 Å². The third kappa shape index (κ3) is 9.80. The van der Waals surface area contributed by atoms with Crippen molar-refractivity contribution in [3.05, 3.63) is 104 Å². The van der Waals surface area contributed by atoms with Crippen LogP contribution < -0.4 is 5.32 Å². The number of sulfonamides is 1. The van der Waals surface area contributed by atoms with Gasteiger partial charge in [0.05, 0.1) is 40.5 Å². The van der Waals surface area contributed by atoms with Crippen molar-refractivity contribution in [3.8, 4) is 0 Å². The minimum Gasteiger partial charge on any atom is -0.411 e. The summed E-state index contributed by atoms with van der Waals surface area (Å²) in [7, 11) is -4.10. The van der Waals surface area contributed by atoms with Gasteiger partial charge >= 0.3 is 6.03 Å². The number of aromatic nitrogens is 1. The van der Waals surface area contributed by atoms with E-state index in [-0.39, 0.29) is 36.4 Å². The van der Waals surface area contributed by atoms with Gasteiger partial charge in [0, 0.05) is 36.4 Å². The van der Waals surface area contributed by atoms with Crippen LogP contribution >= 0.6 is 22.7 Å². The molecule has 15 heteroatoms. The smallest absolute Gasteiger partial charge is 0.321 e. The van der Waals surface area contributed by atoms with Gasteiger partial charge in [-0.2, -0.15) is 4.31 Å². The highest BCUT2D eigenvalue weighted by Crippen LogP contribution is 2.23. The van der Waals surface area contributed by atoms with Gasteiger partial charge in [0.1, 0.15) is 6.04 Å². The second-order valence-electron chi connectivity index (χ2n) is 12.8. The van der Waals surface area contributed by atoms with Crippen molar-refractivity contribution in [3.63, 3.8) is 0 Å². The minimum absolute atomic E-state index is 0.0180. The maximum absolute atomic E-state index is 14.2. The fourth-order valence-electron chi connectivity index (χ4n) is 6.18. The number of oxime groups is 1. The molecule has 1 aliphatic heterocycles. The Morgan fingerprint density at radius 2 is 1.82 bits per heavy atom. The van der Waals surface area contributed by atoms with Gasteiger partial charge in [-0.1, -0.05) is 67.5 Å². The molecule has 2 aromatic carbocycles. The minimum atomic E-state index is -4.10. The Balaban J connectivity index is 1.38. The Bertz CT molecular complexity index is 1870. The number of nitrogens with zero attached hydrogens (tertiary/aromatic N) is 5. The molecule has 1 aliphatic rings. The van der Waals surface area contributed by atoms with Gasteiger partial charge in [-0.3, -0.25) is 4.79 Å². The topological polar surface area (TPSA) is 156 Å². The van der Waals surface area contributed by atoms with E-state index in [0.717, 1.165) is 21.1 Å². The molecule has 0 bridgehead atoms. The molecule has 0 saturated carbocycles. The van der Waals surface area contributed by atoms with Gasteiger partial charge in [0.2, 0.25) is 15.9 Å². The molecule has 3 atom stereocenters. The van der Waals surface area contributed by atoms with Crippen LogP contribution in [-0.2, 0) is 34.2 Å². The number of thiophene rings is 1. The molecule has 3 N–H and O–H groups in total. The fraction of sp³-hybridized carbons (Fsp3) is 0.389. The van der Waals surface area contributed by atoms with Crippen molar-refractivity contribution in [1.82, 2.24) is 24.4 Å². The summed E-state index contributed by atoms with van der Waals surface area (Å²) >= 11 is 3.04. The van der Waals surface area contributed by atoms with Crippen molar-refractivity contribution in [1.29, 1.82) is 0 Å².